The van der Waals surface area contributed by atoms with Gasteiger partial charge in [0.15, 0.2) is 5.96 Å². The van der Waals surface area contributed by atoms with E-state index in [1.54, 1.807) is 56.0 Å². The number of aliphatic imine (C=N–C) groups is 1. The maximum Gasteiger partial charge on any atom is 0.317 e. The Kier molecular flexibility index (Phi) is 30.2. The van der Waals surface area contributed by atoms with E-state index in [0.29, 0.717) is 20.3 Å². The number of nitrogens with two attached hydrogens (primary N) is 2. The number of phenols is 1. The monoisotopic (exact) mass is 1440 g/mol. The van der Waals surface area contributed by atoms with Crippen LogP contribution in [0.2, 0.25) is 0 Å². The molecule has 14 N–H and O–H groups in total. The van der Waals surface area contributed by atoms with Crippen LogP contribution in [0.1, 0.15) is 52.7 Å². The number of phenolic OH excluding ortho intramolecular Hbond substituents is 1. The molecule has 7 amide bonds. The van der Waals surface area contributed by atoms with Gasteiger partial charge in [-0.25, -0.2) is 0 Å². The fourth-order valence-corrected chi connectivity index (χ4v) is 10.9. The zero-order chi connectivity index (χ0) is 64.6. The van der Waals surface area contributed by atoms with Gasteiger partial charge >= 0.3 is 17.9 Å². The maximum atomic E-state index is 14.7. The first-order chi connectivity index (χ1) is 42.5. The number of halogens is 1. The molecule has 0 aromatic heterocycles. The largest absolute Gasteiger partial charge is 0.507 e. The molecule has 2 aliphatic rings. The normalized spacial score (nSPS) is 19.2. The Morgan fingerprint density at radius 3 is 1.72 bits per heavy atom. The van der Waals surface area contributed by atoms with Crippen LogP contribution in [0.4, 0.5) is 0 Å². The second-order valence-electron chi connectivity index (χ2n) is 21.9. The summed E-state index contributed by atoms with van der Waals surface area (Å²) in [6.07, 6.45) is 0.200. The minimum Gasteiger partial charge on any atom is -0.507 e. The van der Waals surface area contributed by atoms with E-state index in [9.17, 15) is 68.4 Å². The van der Waals surface area contributed by atoms with Crippen LogP contribution in [0.15, 0.2) is 89.9 Å². The third kappa shape index (κ3) is 24.8. The number of aromatic hydroxyl groups is 1. The van der Waals surface area contributed by atoms with Gasteiger partial charge in [-0.2, -0.15) is 0 Å². The van der Waals surface area contributed by atoms with Crippen molar-refractivity contribution >= 4 is 98.6 Å². The number of carboxylic acid groups (broad SMARTS) is 3. The molecule has 90 heavy (non-hydrogen) atoms. The van der Waals surface area contributed by atoms with Crippen molar-refractivity contribution in [2.24, 2.45) is 16.5 Å². The third-order valence-corrected chi connectivity index (χ3v) is 16.0. The molecule has 1 radical (unpaired) electrons. The number of carbonyl (C=O) groups excluding carboxylic acids is 7. The Hall–Kier alpha value is -7.42. The minimum absolute atomic E-state index is 0. The molecule has 4 atom stereocenters. The first kappa shape index (κ1) is 73.3. The molecular formula is C60H79IN14O14Y. The van der Waals surface area contributed by atoms with Gasteiger partial charge in [-0.3, -0.25) is 72.5 Å². The fraction of sp³-hybridized carbons (Fsp3) is 0.450. The van der Waals surface area contributed by atoms with E-state index < -0.39 is 84.1 Å². The zero-order valence-electron chi connectivity index (χ0n) is 50.1. The maximum absolute atomic E-state index is 14.7. The number of amides is 7. The van der Waals surface area contributed by atoms with E-state index in [1.807, 2.05) is 65.1 Å². The number of rotatable bonds is 23. The summed E-state index contributed by atoms with van der Waals surface area (Å²) in [6, 6.07) is 19.2. The molecule has 0 unspecified atom stereocenters. The van der Waals surface area contributed by atoms with E-state index in [4.69, 9.17) is 11.5 Å². The van der Waals surface area contributed by atoms with Gasteiger partial charge in [0.2, 0.25) is 35.4 Å². The summed E-state index contributed by atoms with van der Waals surface area (Å²) in [5, 5.41) is 57.4. The first-order valence-corrected chi connectivity index (χ1v) is 30.2. The molecule has 0 bridgehead atoms. The van der Waals surface area contributed by atoms with Crippen molar-refractivity contribution in [3.63, 3.8) is 0 Å². The van der Waals surface area contributed by atoms with Gasteiger partial charge in [0.1, 0.15) is 29.9 Å². The van der Waals surface area contributed by atoms with Gasteiger partial charge in [-0.05, 0) is 100 Å². The molecule has 2 aliphatic heterocycles. The molecule has 28 nitrogen and oxygen atoms in total. The fourth-order valence-electron chi connectivity index (χ4n) is 10.3. The van der Waals surface area contributed by atoms with Gasteiger partial charge in [-0.15, -0.1) is 0 Å². The summed E-state index contributed by atoms with van der Waals surface area (Å²) in [5.74, 6) is -7.84. The van der Waals surface area contributed by atoms with Crippen molar-refractivity contribution in [1.29, 1.82) is 0 Å². The summed E-state index contributed by atoms with van der Waals surface area (Å²) in [6.45, 7) is 0.517. The van der Waals surface area contributed by atoms with Crippen LogP contribution in [0.5, 0.6) is 5.75 Å². The molecule has 2 saturated heterocycles. The van der Waals surface area contributed by atoms with Crippen LogP contribution >= 0.6 is 22.6 Å². The Morgan fingerprint density at radius 2 is 1.14 bits per heavy atom. The van der Waals surface area contributed by atoms with Crippen LogP contribution in [-0.4, -0.2) is 240 Å². The average molecular weight is 1440 g/mol. The number of carboxylic acids is 3. The Morgan fingerprint density at radius 1 is 0.611 bits per heavy atom. The van der Waals surface area contributed by atoms with E-state index in [1.165, 1.54) is 18.0 Å². The molecule has 2 fully saturated rings. The quantitative estimate of drug-likeness (QED) is 0.0178. The molecular weight excluding hydrogens is 1360 g/mol. The minimum atomic E-state index is -1.29. The zero-order valence-corrected chi connectivity index (χ0v) is 55.1. The molecule has 0 saturated carbocycles. The SMILES string of the molecule is CN1C(=O)[C@@H](Cc2ccc(O)c(I)c2)NC(=O)CNC(=O)[C@H](Cc2ccc3ccccc3c2)NC(=O)[C@H](CCCN=C(N)N)NC(=O)[C@H]1CCCNC(=O)c1ccc(CNC(=O)CN2CCN(CC(=O)O)CCN(CC(=O)O)CCN(CC(=O)O)CC2)cc1.[90Y]. The van der Waals surface area contributed by atoms with Crippen LogP contribution in [-0.2, 0) is 95.2 Å². The number of fused-ring (bicyclic) bond motifs is 1. The number of aliphatic carboxylic acids is 3. The Bertz CT molecular complexity index is 3160. The smallest absolute Gasteiger partial charge is 0.317 e. The standard InChI is InChI=1S/C60H79IN14O14.Y/c1-71-48(9-5-18-64-55(85)42-15-10-38(11-16-42)32-66-51(78)34-72-20-22-73(35-52(79)80)24-26-75(37-54(83)84)27-25-74(23-21-72)36-53(81)82)58(88)69-45(8-4-19-65-60(62)63)57(87)70-46(30-39-12-14-41-6-2-3-7-43(41)28-39)56(86)67-33-50(77)68-47(59(71)89)31-40-13-17-49(76)44(61)29-40;/h2-3,6-7,10-17,28-29,45-48,76H,4-5,8-9,18-27,30-37H2,1H3,(H,64,85)(H,66,78)(H,67,86)(H,68,77)(H,69,88)(H,70,87)(H,79,80)(H,81,82)(H,83,84)(H4,62,63,65);/t45-,46-,47+,48+;/m0./s1/i;1+1. The van der Waals surface area contributed by atoms with Gasteiger partial charge in [0.25, 0.3) is 5.91 Å². The van der Waals surface area contributed by atoms with Crippen molar-refractivity contribution in [3.05, 3.63) is 111 Å². The van der Waals surface area contributed by atoms with Gasteiger partial charge in [-0.1, -0.05) is 60.7 Å². The molecule has 2 heterocycles. The third-order valence-electron chi connectivity index (χ3n) is 15.1. The van der Waals surface area contributed by atoms with E-state index >= 15 is 0 Å². The molecule has 0 aliphatic carbocycles. The van der Waals surface area contributed by atoms with Gasteiger partial charge in [0.05, 0.1) is 36.3 Å². The number of hydrogen-bond acceptors (Lipinski definition) is 16. The van der Waals surface area contributed by atoms with Crippen molar-refractivity contribution in [1.82, 2.24) is 56.4 Å². The number of likely N-dealkylation sites (N-methyl/N-ethyl adjacent to an activating group) is 1. The molecule has 0 spiro atoms. The van der Waals surface area contributed by atoms with Crippen molar-refractivity contribution in [2.75, 3.05) is 105 Å². The molecule has 4 aromatic carbocycles. The van der Waals surface area contributed by atoms with Gasteiger partial charge in [0, 0.05) is 130 Å². The Labute approximate surface area is 559 Å². The molecule has 4 aromatic rings. The van der Waals surface area contributed by atoms with Crippen molar-refractivity contribution in [2.45, 2.75) is 69.2 Å². The number of benzene rings is 4. The average Bonchev–Trinajstić information content (AvgIpc) is 2.46. The van der Waals surface area contributed by atoms with Crippen molar-refractivity contribution < 1.29 is 101 Å². The topological polar surface area (TPSA) is 404 Å². The van der Waals surface area contributed by atoms with Crippen molar-refractivity contribution in [3.8, 4) is 5.75 Å². The molecule has 6 rings (SSSR count). The summed E-state index contributed by atoms with van der Waals surface area (Å²) in [5.41, 5.74) is 13.3. The number of nitrogens with zero attached hydrogens (tertiary/aromatic N) is 6. The van der Waals surface area contributed by atoms with E-state index in [-0.39, 0.29) is 193 Å². The second-order valence-corrected chi connectivity index (χ2v) is 23.1. The molecule has 483 valence electrons. The number of guanidine groups is 1. The van der Waals surface area contributed by atoms with Crippen LogP contribution in [0.25, 0.3) is 10.8 Å². The summed E-state index contributed by atoms with van der Waals surface area (Å²) in [4.78, 5) is 146. The summed E-state index contributed by atoms with van der Waals surface area (Å²) < 4.78 is 0.479. The van der Waals surface area contributed by atoms with Gasteiger partial charge < -0.3 is 68.7 Å². The predicted octanol–water partition coefficient (Wildman–Crippen LogP) is -1.30. The summed E-state index contributed by atoms with van der Waals surface area (Å²) >= 11 is 1.93. The summed E-state index contributed by atoms with van der Waals surface area (Å²) in [7, 11) is 1.39. The van der Waals surface area contributed by atoms with E-state index in [2.05, 4.69) is 36.9 Å². The van der Waals surface area contributed by atoms with E-state index in [0.717, 1.165) is 10.8 Å². The first-order valence-electron chi connectivity index (χ1n) is 29.1. The predicted molar refractivity (Wildman–Crippen MR) is 336 cm³/mol. The van der Waals surface area contributed by atoms with Crippen LogP contribution < -0.4 is 43.4 Å². The van der Waals surface area contributed by atoms with Crippen LogP contribution in [0, 0.1) is 3.57 Å². The van der Waals surface area contributed by atoms with Crippen LogP contribution in [0.3, 0.4) is 0 Å². The number of nitrogens with one attached hydrogen (secondary N) is 6. The Balaban J connectivity index is 0.0000147. The number of hydrogen-bond donors (Lipinski definition) is 12. The molecule has 30 heteroatoms. The second kappa shape index (κ2) is 37.0. The number of carbonyl (C=O) groups is 10.